The Labute approximate surface area is 157 Å². The van der Waals surface area contributed by atoms with Gasteiger partial charge in [-0.15, -0.1) is 0 Å². The van der Waals surface area contributed by atoms with Crippen LogP contribution in [0, 0.1) is 11.8 Å². The average Bonchev–Trinajstić information content (AvgIpc) is 2.69. The van der Waals surface area contributed by atoms with Crippen molar-refractivity contribution in [2.24, 2.45) is 11.8 Å². The van der Waals surface area contributed by atoms with Gasteiger partial charge in [-0.1, -0.05) is 37.3 Å². The summed E-state index contributed by atoms with van der Waals surface area (Å²) in [6, 6.07) is 9.80. The van der Waals surface area contributed by atoms with Crippen molar-refractivity contribution in [2.45, 2.75) is 32.3 Å². The van der Waals surface area contributed by atoms with Gasteiger partial charge in [0.05, 0.1) is 6.10 Å². The highest BCUT2D eigenvalue weighted by Gasteiger charge is 2.27. The molecule has 0 saturated carbocycles. The molecule has 3 rings (SSSR count). The molecule has 2 aliphatic rings. The van der Waals surface area contributed by atoms with Crippen LogP contribution < -0.4 is 5.32 Å². The van der Waals surface area contributed by atoms with Gasteiger partial charge in [-0.3, -0.25) is 9.69 Å². The second-order valence-corrected chi connectivity index (χ2v) is 7.90. The van der Waals surface area contributed by atoms with Crippen molar-refractivity contribution in [3.8, 4) is 0 Å². The maximum Gasteiger partial charge on any atom is 0.222 e. The normalized spacial score (nSPS) is 24.2. The number of amides is 1. The van der Waals surface area contributed by atoms with Crippen molar-refractivity contribution in [3.63, 3.8) is 0 Å². The molecule has 0 radical (unpaired) electrons. The Hall–Kier alpha value is -1.43. The van der Waals surface area contributed by atoms with E-state index in [1.807, 2.05) is 35.2 Å². The summed E-state index contributed by atoms with van der Waals surface area (Å²) in [4.78, 5) is 16.9. The molecule has 26 heavy (non-hydrogen) atoms. The van der Waals surface area contributed by atoms with Gasteiger partial charge in [0.1, 0.15) is 0 Å². The van der Waals surface area contributed by atoms with Crippen molar-refractivity contribution in [3.05, 3.63) is 35.9 Å². The van der Waals surface area contributed by atoms with Crippen molar-refractivity contribution in [2.75, 3.05) is 45.8 Å². The van der Waals surface area contributed by atoms with E-state index in [2.05, 4.69) is 17.1 Å². The fourth-order valence-electron chi connectivity index (χ4n) is 4.14. The van der Waals surface area contributed by atoms with E-state index in [1.54, 1.807) is 0 Å². The molecule has 2 aliphatic heterocycles. The van der Waals surface area contributed by atoms with E-state index in [4.69, 9.17) is 0 Å². The molecule has 0 aliphatic carbocycles. The van der Waals surface area contributed by atoms with E-state index in [9.17, 15) is 9.90 Å². The molecular formula is C21H33N3O2. The van der Waals surface area contributed by atoms with Crippen LogP contribution in [0.1, 0.15) is 37.9 Å². The van der Waals surface area contributed by atoms with Gasteiger partial charge in [0, 0.05) is 39.1 Å². The first-order chi connectivity index (χ1) is 12.6. The summed E-state index contributed by atoms with van der Waals surface area (Å²) >= 11 is 0. The van der Waals surface area contributed by atoms with Crippen LogP contribution >= 0.6 is 0 Å². The third-order valence-electron chi connectivity index (χ3n) is 5.98. The van der Waals surface area contributed by atoms with E-state index in [1.165, 1.54) is 12.8 Å². The van der Waals surface area contributed by atoms with Crippen LogP contribution in [0.2, 0.25) is 0 Å². The minimum absolute atomic E-state index is 0.298. The molecule has 0 spiro atoms. The molecule has 3 atom stereocenters. The SMILES string of the molecule is CC(CC(=O)N1CCN(CC(O)c2ccccc2)CC1)C1CCCNC1. The molecule has 1 aromatic carbocycles. The largest absolute Gasteiger partial charge is 0.387 e. The third-order valence-corrected chi connectivity index (χ3v) is 5.98. The van der Waals surface area contributed by atoms with Gasteiger partial charge in [0.15, 0.2) is 0 Å². The number of nitrogens with one attached hydrogen (secondary N) is 1. The number of rotatable bonds is 6. The van der Waals surface area contributed by atoms with Gasteiger partial charge < -0.3 is 15.3 Å². The Morgan fingerprint density at radius 1 is 1.23 bits per heavy atom. The molecule has 2 fully saturated rings. The predicted octanol–water partition coefficient (Wildman–Crippen LogP) is 1.89. The van der Waals surface area contributed by atoms with Crippen LogP contribution in [0.5, 0.6) is 0 Å². The topological polar surface area (TPSA) is 55.8 Å². The van der Waals surface area contributed by atoms with Gasteiger partial charge in [0.2, 0.25) is 5.91 Å². The number of carbonyl (C=O) groups is 1. The lowest BCUT2D eigenvalue weighted by atomic mass is 9.85. The van der Waals surface area contributed by atoms with Gasteiger partial charge >= 0.3 is 0 Å². The zero-order valence-electron chi connectivity index (χ0n) is 15.9. The smallest absolute Gasteiger partial charge is 0.222 e. The molecule has 0 aromatic heterocycles. The minimum Gasteiger partial charge on any atom is -0.387 e. The fraction of sp³-hybridized carbons (Fsp3) is 0.667. The zero-order chi connectivity index (χ0) is 18.4. The highest BCUT2D eigenvalue weighted by Crippen LogP contribution is 2.23. The molecule has 0 bridgehead atoms. The van der Waals surface area contributed by atoms with Crippen LogP contribution in [-0.4, -0.2) is 66.6 Å². The summed E-state index contributed by atoms with van der Waals surface area (Å²) in [6.07, 6.45) is 2.68. The zero-order valence-corrected chi connectivity index (χ0v) is 15.9. The van der Waals surface area contributed by atoms with Gasteiger partial charge in [-0.25, -0.2) is 0 Å². The standard InChI is InChI=1S/C21H33N3O2/c1-17(19-8-5-9-22-15-19)14-21(26)24-12-10-23(11-13-24)16-20(25)18-6-3-2-4-7-18/h2-4,6-7,17,19-20,22,25H,5,8-16H2,1H3. The van der Waals surface area contributed by atoms with Crippen LogP contribution in [0.4, 0.5) is 0 Å². The number of piperazine rings is 1. The highest BCUT2D eigenvalue weighted by atomic mass is 16.3. The van der Waals surface area contributed by atoms with Crippen molar-refractivity contribution in [1.82, 2.24) is 15.1 Å². The van der Waals surface area contributed by atoms with Crippen LogP contribution in [0.15, 0.2) is 30.3 Å². The molecule has 2 saturated heterocycles. The van der Waals surface area contributed by atoms with E-state index in [-0.39, 0.29) is 0 Å². The quantitative estimate of drug-likeness (QED) is 0.814. The predicted molar refractivity (Wildman–Crippen MR) is 104 cm³/mol. The second-order valence-electron chi connectivity index (χ2n) is 7.90. The lowest BCUT2D eigenvalue weighted by Gasteiger charge is -2.37. The average molecular weight is 360 g/mol. The second kappa shape index (κ2) is 9.49. The summed E-state index contributed by atoms with van der Waals surface area (Å²) in [6.45, 7) is 8.27. The Balaban J connectivity index is 1.40. The number of hydrogen-bond donors (Lipinski definition) is 2. The maximum atomic E-state index is 12.6. The Morgan fingerprint density at radius 3 is 2.62 bits per heavy atom. The number of piperidine rings is 1. The third kappa shape index (κ3) is 5.29. The summed E-state index contributed by atoms with van der Waals surface area (Å²) in [7, 11) is 0. The molecule has 5 heteroatoms. The molecule has 5 nitrogen and oxygen atoms in total. The number of aliphatic hydroxyl groups excluding tert-OH is 1. The van der Waals surface area contributed by atoms with Crippen LogP contribution in [0.25, 0.3) is 0 Å². The van der Waals surface area contributed by atoms with Gasteiger partial charge in [-0.05, 0) is 43.3 Å². The molecule has 1 amide bonds. The highest BCUT2D eigenvalue weighted by molar-refractivity contribution is 5.76. The number of aliphatic hydroxyl groups is 1. The lowest BCUT2D eigenvalue weighted by Crippen LogP contribution is -2.50. The van der Waals surface area contributed by atoms with Crippen LogP contribution in [0.3, 0.4) is 0 Å². The van der Waals surface area contributed by atoms with E-state index < -0.39 is 6.10 Å². The summed E-state index contributed by atoms with van der Waals surface area (Å²) in [5, 5.41) is 13.8. The maximum absolute atomic E-state index is 12.6. The number of nitrogens with zero attached hydrogens (tertiary/aromatic N) is 2. The molecule has 144 valence electrons. The molecule has 1 aromatic rings. The Bertz CT molecular complexity index is 552. The van der Waals surface area contributed by atoms with Crippen LogP contribution in [-0.2, 0) is 4.79 Å². The number of β-amino-alcohol motifs (C(OH)–C–C–N with tert-alkyl or cyclic N) is 1. The first-order valence-corrected chi connectivity index (χ1v) is 10.1. The van der Waals surface area contributed by atoms with E-state index in [0.717, 1.165) is 44.8 Å². The number of hydrogen-bond acceptors (Lipinski definition) is 4. The fourth-order valence-corrected chi connectivity index (χ4v) is 4.14. The summed E-state index contributed by atoms with van der Waals surface area (Å²) in [5.74, 6) is 1.38. The van der Waals surface area contributed by atoms with Crippen molar-refractivity contribution in [1.29, 1.82) is 0 Å². The Kier molecular flexibility index (Phi) is 7.06. The molecule has 3 unspecified atom stereocenters. The number of carbonyl (C=O) groups excluding carboxylic acids is 1. The summed E-state index contributed by atoms with van der Waals surface area (Å²) < 4.78 is 0. The van der Waals surface area contributed by atoms with E-state index >= 15 is 0 Å². The Morgan fingerprint density at radius 2 is 1.96 bits per heavy atom. The minimum atomic E-state index is -0.461. The van der Waals surface area contributed by atoms with Gasteiger partial charge in [-0.2, -0.15) is 0 Å². The first-order valence-electron chi connectivity index (χ1n) is 10.1. The monoisotopic (exact) mass is 359 g/mol. The molecule has 2 N–H and O–H groups in total. The lowest BCUT2D eigenvalue weighted by molar-refractivity contribution is -0.134. The van der Waals surface area contributed by atoms with E-state index in [0.29, 0.717) is 30.7 Å². The van der Waals surface area contributed by atoms with Crippen molar-refractivity contribution >= 4 is 5.91 Å². The molecular weight excluding hydrogens is 326 g/mol. The number of benzene rings is 1. The van der Waals surface area contributed by atoms with Gasteiger partial charge in [0.25, 0.3) is 0 Å². The summed E-state index contributed by atoms with van der Waals surface area (Å²) in [5.41, 5.74) is 0.959. The van der Waals surface area contributed by atoms with Crippen molar-refractivity contribution < 1.29 is 9.90 Å². The molecule has 2 heterocycles. The first kappa shape index (κ1) is 19.3.